The molecule has 0 bridgehead atoms. The summed E-state index contributed by atoms with van der Waals surface area (Å²) in [6.07, 6.45) is 21.5. The molecular formula is C25H49BrN2O. The van der Waals surface area contributed by atoms with Crippen LogP contribution < -0.4 is 17.0 Å². The standard InChI is InChI=1S/C25H49N2O.BrH/c1-4-6-8-9-10-11-12-13-14-15-16-17-18-19-25(28)26-20-23-27(3,24-21-26)22-7-5-2;/h5H,2,4,6-24H2,1,3H3;1H/q+1;/p-1. The first-order valence-corrected chi connectivity index (χ1v) is 12.3. The Labute approximate surface area is 192 Å². The number of quaternary nitrogens is 1. The molecule has 0 N–H and O–H groups in total. The monoisotopic (exact) mass is 472 g/mol. The second-order valence-electron chi connectivity index (χ2n) is 9.24. The van der Waals surface area contributed by atoms with Gasteiger partial charge < -0.3 is 26.4 Å². The highest BCUT2D eigenvalue weighted by molar-refractivity contribution is 5.76. The number of nitrogens with zero attached hydrogens (tertiary/aromatic N) is 2. The topological polar surface area (TPSA) is 20.3 Å². The fourth-order valence-electron chi connectivity index (χ4n) is 4.28. The van der Waals surface area contributed by atoms with Gasteiger partial charge in [0.05, 0.1) is 39.8 Å². The molecule has 1 heterocycles. The second kappa shape index (κ2) is 18.4. The summed E-state index contributed by atoms with van der Waals surface area (Å²) in [6, 6.07) is 0. The molecule has 1 saturated heterocycles. The predicted octanol–water partition coefficient (Wildman–Crippen LogP) is 3.34. The Morgan fingerprint density at radius 3 is 1.76 bits per heavy atom. The lowest BCUT2D eigenvalue weighted by atomic mass is 10.0. The summed E-state index contributed by atoms with van der Waals surface area (Å²) in [6.45, 7) is 11.3. The molecule has 1 rings (SSSR count). The van der Waals surface area contributed by atoms with E-state index >= 15 is 0 Å². The van der Waals surface area contributed by atoms with Gasteiger partial charge in [0.25, 0.3) is 0 Å². The van der Waals surface area contributed by atoms with E-state index < -0.39 is 0 Å². The van der Waals surface area contributed by atoms with Crippen LogP contribution >= 0.6 is 0 Å². The molecule has 0 aromatic heterocycles. The summed E-state index contributed by atoms with van der Waals surface area (Å²) in [5.41, 5.74) is 0. The van der Waals surface area contributed by atoms with E-state index in [0.717, 1.165) is 56.5 Å². The Balaban J connectivity index is 0.00000784. The van der Waals surface area contributed by atoms with Crippen LogP contribution in [0.15, 0.2) is 12.7 Å². The Kier molecular flexibility index (Phi) is 18.2. The number of likely N-dealkylation sites (N-methyl/N-ethyl adjacent to an activating group) is 1. The molecule has 29 heavy (non-hydrogen) atoms. The number of carbonyl (C=O) groups is 1. The Bertz CT molecular complexity index is 406. The minimum atomic E-state index is 0. The van der Waals surface area contributed by atoms with E-state index in [0.29, 0.717) is 5.91 Å². The van der Waals surface area contributed by atoms with Crippen LogP contribution in [0, 0.1) is 0 Å². The maximum atomic E-state index is 12.4. The van der Waals surface area contributed by atoms with E-state index in [1.165, 1.54) is 77.0 Å². The van der Waals surface area contributed by atoms with Crippen molar-refractivity contribution >= 4 is 5.91 Å². The first-order valence-electron chi connectivity index (χ1n) is 12.3. The third kappa shape index (κ3) is 14.3. The molecule has 1 aliphatic heterocycles. The van der Waals surface area contributed by atoms with Gasteiger partial charge in [0.15, 0.2) is 0 Å². The molecule has 0 spiro atoms. The van der Waals surface area contributed by atoms with Crippen molar-refractivity contribution in [3.05, 3.63) is 12.7 Å². The van der Waals surface area contributed by atoms with Gasteiger partial charge in [-0.2, -0.15) is 0 Å². The fourth-order valence-corrected chi connectivity index (χ4v) is 4.28. The lowest BCUT2D eigenvalue weighted by Crippen LogP contribution is -3.00. The minimum absolute atomic E-state index is 0. The molecule has 0 atom stereocenters. The summed E-state index contributed by atoms with van der Waals surface area (Å²) >= 11 is 0. The summed E-state index contributed by atoms with van der Waals surface area (Å²) in [5.74, 6) is 0.387. The molecule has 3 nitrogen and oxygen atoms in total. The largest absolute Gasteiger partial charge is 1.00 e. The number of halogens is 1. The van der Waals surface area contributed by atoms with Gasteiger partial charge in [-0.3, -0.25) is 4.79 Å². The van der Waals surface area contributed by atoms with Crippen molar-refractivity contribution in [2.75, 3.05) is 39.8 Å². The van der Waals surface area contributed by atoms with Crippen molar-refractivity contribution < 1.29 is 26.3 Å². The van der Waals surface area contributed by atoms with Crippen molar-refractivity contribution in [1.82, 2.24) is 4.90 Å². The molecule has 0 saturated carbocycles. The smallest absolute Gasteiger partial charge is 0.222 e. The van der Waals surface area contributed by atoms with Crippen LogP contribution in [0.3, 0.4) is 0 Å². The van der Waals surface area contributed by atoms with Crippen LogP contribution in [0.2, 0.25) is 0 Å². The van der Waals surface area contributed by atoms with Crippen LogP contribution in [0.25, 0.3) is 0 Å². The lowest BCUT2D eigenvalue weighted by molar-refractivity contribution is -0.912. The third-order valence-electron chi connectivity index (χ3n) is 6.54. The third-order valence-corrected chi connectivity index (χ3v) is 6.54. The molecule has 0 radical (unpaired) electrons. The molecular weight excluding hydrogens is 424 g/mol. The normalized spacial score (nSPS) is 15.7. The second-order valence-corrected chi connectivity index (χ2v) is 9.24. The molecule has 4 heteroatoms. The highest BCUT2D eigenvalue weighted by Crippen LogP contribution is 2.15. The van der Waals surface area contributed by atoms with Gasteiger partial charge in [-0.25, -0.2) is 0 Å². The van der Waals surface area contributed by atoms with Gasteiger partial charge in [-0.15, -0.1) is 6.58 Å². The number of hydrogen-bond donors (Lipinski definition) is 0. The van der Waals surface area contributed by atoms with Crippen LogP contribution in [0.5, 0.6) is 0 Å². The van der Waals surface area contributed by atoms with Crippen molar-refractivity contribution in [2.45, 2.75) is 103 Å². The summed E-state index contributed by atoms with van der Waals surface area (Å²) in [7, 11) is 2.32. The average Bonchev–Trinajstić information content (AvgIpc) is 2.70. The first-order chi connectivity index (χ1) is 13.6. The van der Waals surface area contributed by atoms with E-state index in [2.05, 4.69) is 25.5 Å². The van der Waals surface area contributed by atoms with Crippen molar-refractivity contribution in [3.63, 3.8) is 0 Å². The number of piperazine rings is 1. The van der Waals surface area contributed by atoms with Crippen LogP contribution in [-0.2, 0) is 4.79 Å². The zero-order chi connectivity index (χ0) is 20.5. The molecule has 0 aromatic carbocycles. The maximum Gasteiger partial charge on any atom is 0.222 e. The molecule has 0 aromatic rings. The Hall–Kier alpha value is -0.350. The molecule has 1 aliphatic rings. The molecule has 172 valence electrons. The van der Waals surface area contributed by atoms with Crippen molar-refractivity contribution in [1.29, 1.82) is 0 Å². The molecule has 0 aliphatic carbocycles. The summed E-state index contributed by atoms with van der Waals surface area (Å²) in [5, 5.41) is 0. The summed E-state index contributed by atoms with van der Waals surface area (Å²) in [4.78, 5) is 14.5. The number of carbonyl (C=O) groups excluding carboxylic acids is 1. The van der Waals surface area contributed by atoms with E-state index in [-0.39, 0.29) is 17.0 Å². The number of rotatable bonds is 17. The first kappa shape index (κ1) is 28.6. The molecule has 0 unspecified atom stereocenters. The van der Waals surface area contributed by atoms with E-state index in [1.807, 2.05) is 6.08 Å². The summed E-state index contributed by atoms with van der Waals surface area (Å²) < 4.78 is 1.09. The van der Waals surface area contributed by atoms with Crippen LogP contribution in [0.1, 0.15) is 103 Å². The number of unbranched alkanes of at least 4 members (excludes halogenated alkanes) is 12. The van der Waals surface area contributed by atoms with Crippen LogP contribution in [-0.4, -0.2) is 55.1 Å². The number of hydrogen-bond acceptors (Lipinski definition) is 1. The Morgan fingerprint density at radius 1 is 0.862 bits per heavy atom. The van der Waals surface area contributed by atoms with Gasteiger partial charge in [0.1, 0.15) is 0 Å². The zero-order valence-corrected chi connectivity index (χ0v) is 21.2. The van der Waals surface area contributed by atoms with E-state index in [1.54, 1.807) is 0 Å². The minimum Gasteiger partial charge on any atom is -1.00 e. The predicted molar refractivity (Wildman–Crippen MR) is 122 cm³/mol. The maximum absolute atomic E-state index is 12.4. The van der Waals surface area contributed by atoms with Gasteiger partial charge in [0, 0.05) is 12.8 Å². The SMILES string of the molecule is C=CCC[N+]1(C)CCN(C(=O)CCCCCCCCCCCCCCC)CC1.[Br-]. The van der Waals surface area contributed by atoms with Gasteiger partial charge in [-0.05, 0) is 6.42 Å². The van der Waals surface area contributed by atoms with Gasteiger partial charge in [0.2, 0.25) is 5.91 Å². The van der Waals surface area contributed by atoms with E-state index in [4.69, 9.17) is 0 Å². The van der Waals surface area contributed by atoms with Crippen LogP contribution in [0.4, 0.5) is 0 Å². The number of amides is 1. The van der Waals surface area contributed by atoms with Gasteiger partial charge >= 0.3 is 0 Å². The van der Waals surface area contributed by atoms with E-state index in [9.17, 15) is 4.79 Å². The average molecular weight is 474 g/mol. The van der Waals surface area contributed by atoms with Crippen molar-refractivity contribution in [3.8, 4) is 0 Å². The molecule has 1 amide bonds. The van der Waals surface area contributed by atoms with Gasteiger partial charge in [-0.1, -0.05) is 90.0 Å². The lowest BCUT2D eigenvalue weighted by Gasteiger charge is -2.42. The quantitative estimate of drug-likeness (QED) is 0.180. The fraction of sp³-hybridized carbons (Fsp3) is 0.880. The zero-order valence-electron chi connectivity index (χ0n) is 19.6. The van der Waals surface area contributed by atoms with Crippen molar-refractivity contribution in [2.24, 2.45) is 0 Å². The highest BCUT2D eigenvalue weighted by Gasteiger charge is 2.29. The Morgan fingerprint density at radius 2 is 1.31 bits per heavy atom. The highest BCUT2D eigenvalue weighted by atomic mass is 79.9. The molecule has 1 fully saturated rings.